The highest BCUT2D eigenvalue weighted by molar-refractivity contribution is 5.71. The second-order valence-corrected chi connectivity index (χ2v) is 22.3. The minimum Gasteiger partial charge on any atom is -0.462 e. The predicted octanol–water partition coefficient (Wildman–Crippen LogP) is 23.6. The second kappa shape index (κ2) is 68.3. The fraction of sp³-hybridized carbons (Fsp3) is 0.693. The van der Waals surface area contributed by atoms with Crippen LogP contribution in [0.5, 0.6) is 0 Å². The zero-order valence-corrected chi connectivity index (χ0v) is 53.0. The number of rotatable bonds is 61. The van der Waals surface area contributed by atoms with Crippen LogP contribution in [0.1, 0.15) is 316 Å². The predicted molar refractivity (Wildman–Crippen MR) is 353 cm³/mol. The maximum atomic E-state index is 12.9. The Morgan fingerprint density at radius 2 is 0.481 bits per heavy atom. The molecule has 0 aliphatic heterocycles. The molecule has 0 aromatic carbocycles. The number of unbranched alkanes of at least 4 members (excludes halogenated alkanes) is 30. The SMILES string of the molecule is CC/C=C\C/C=C\C/C=C\C/C=C\C/C=C\C/C=C\CCCCCCCCCCCCC(=O)OCC(COC(=O)CCCC/C=C\C/C=C\C/C=C\C/C=C\CC)OC(=O)CCCCCCCCCCCCCCCCCCCCC. The summed E-state index contributed by atoms with van der Waals surface area (Å²) in [6, 6.07) is 0. The van der Waals surface area contributed by atoms with Gasteiger partial charge in [0.15, 0.2) is 6.10 Å². The van der Waals surface area contributed by atoms with Crippen molar-refractivity contribution >= 4 is 17.9 Å². The number of allylic oxidation sites excluding steroid dienone is 20. The van der Waals surface area contributed by atoms with Gasteiger partial charge in [-0.25, -0.2) is 0 Å². The molecule has 0 rings (SSSR count). The first-order chi connectivity index (χ1) is 40.0. The Morgan fingerprint density at radius 1 is 0.259 bits per heavy atom. The van der Waals surface area contributed by atoms with E-state index >= 15 is 0 Å². The fourth-order valence-corrected chi connectivity index (χ4v) is 9.44. The molecule has 462 valence electrons. The van der Waals surface area contributed by atoms with Gasteiger partial charge in [-0.2, -0.15) is 0 Å². The summed E-state index contributed by atoms with van der Waals surface area (Å²) in [6.45, 7) is 6.41. The van der Waals surface area contributed by atoms with Crippen LogP contribution < -0.4 is 0 Å². The van der Waals surface area contributed by atoms with Crippen molar-refractivity contribution < 1.29 is 28.6 Å². The highest BCUT2D eigenvalue weighted by Crippen LogP contribution is 2.17. The quantitative estimate of drug-likeness (QED) is 0.0261. The van der Waals surface area contributed by atoms with Gasteiger partial charge >= 0.3 is 17.9 Å². The van der Waals surface area contributed by atoms with Gasteiger partial charge in [0, 0.05) is 19.3 Å². The topological polar surface area (TPSA) is 78.9 Å². The van der Waals surface area contributed by atoms with Crippen molar-refractivity contribution in [2.24, 2.45) is 0 Å². The third-order valence-corrected chi connectivity index (χ3v) is 14.5. The molecule has 1 atom stereocenters. The molecular formula is C75H126O6. The molecule has 0 fully saturated rings. The van der Waals surface area contributed by atoms with Crippen LogP contribution in [0.4, 0.5) is 0 Å². The molecule has 6 heteroatoms. The summed E-state index contributed by atoms with van der Waals surface area (Å²) in [6.07, 6.45) is 95.0. The molecule has 0 aliphatic carbocycles. The molecule has 0 aromatic rings. The molecule has 0 N–H and O–H groups in total. The monoisotopic (exact) mass is 1120 g/mol. The first-order valence-corrected chi connectivity index (χ1v) is 34.0. The third kappa shape index (κ3) is 66.5. The van der Waals surface area contributed by atoms with Crippen LogP contribution in [0.15, 0.2) is 122 Å². The van der Waals surface area contributed by atoms with Crippen LogP contribution >= 0.6 is 0 Å². The van der Waals surface area contributed by atoms with Crippen molar-refractivity contribution in [3.8, 4) is 0 Å². The normalized spacial score (nSPS) is 12.9. The molecule has 0 spiro atoms. The van der Waals surface area contributed by atoms with Crippen molar-refractivity contribution in [1.82, 2.24) is 0 Å². The van der Waals surface area contributed by atoms with Crippen LogP contribution in [-0.4, -0.2) is 37.2 Å². The number of carbonyl (C=O) groups is 3. The van der Waals surface area contributed by atoms with Crippen molar-refractivity contribution in [3.63, 3.8) is 0 Å². The van der Waals surface area contributed by atoms with E-state index in [0.717, 1.165) is 122 Å². The third-order valence-electron chi connectivity index (χ3n) is 14.5. The second-order valence-electron chi connectivity index (χ2n) is 22.3. The number of carbonyl (C=O) groups excluding carboxylic acids is 3. The van der Waals surface area contributed by atoms with Gasteiger partial charge in [0.2, 0.25) is 0 Å². The van der Waals surface area contributed by atoms with Crippen molar-refractivity contribution in [1.29, 1.82) is 0 Å². The average molecular weight is 1120 g/mol. The summed E-state index contributed by atoms with van der Waals surface area (Å²) >= 11 is 0. The molecular weight excluding hydrogens is 997 g/mol. The van der Waals surface area contributed by atoms with Crippen LogP contribution in [-0.2, 0) is 28.6 Å². The maximum absolute atomic E-state index is 12.9. The molecule has 0 saturated heterocycles. The summed E-state index contributed by atoms with van der Waals surface area (Å²) in [5.41, 5.74) is 0. The van der Waals surface area contributed by atoms with Crippen LogP contribution in [0.2, 0.25) is 0 Å². The summed E-state index contributed by atoms with van der Waals surface area (Å²) in [7, 11) is 0. The van der Waals surface area contributed by atoms with Crippen LogP contribution in [0.25, 0.3) is 0 Å². The van der Waals surface area contributed by atoms with Crippen LogP contribution in [0, 0.1) is 0 Å². The van der Waals surface area contributed by atoms with E-state index < -0.39 is 6.10 Å². The van der Waals surface area contributed by atoms with Crippen molar-refractivity contribution in [3.05, 3.63) is 122 Å². The van der Waals surface area contributed by atoms with E-state index in [9.17, 15) is 14.4 Å². The van der Waals surface area contributed by atoms with Crippen molar-refractivity contribution in [2.75, 3.05) is 13.2 Å². The van der Waals surface area contributed by atoms with E-state index in [1.54, 1.807) is 0 Å². The highest BCUT2D eigenvalue weighted by Gasteiger charge is 2.19. The number of esters is 3. The minimum atomic E-state index is -0.799. The fourth-order valence-electron chi connectivity index (χ4n) is 9.44. The summed E-state index contributed by atoms with van der Waals surface area (Å²) in [5.74, 6) is -0.929. The van der Waals surface area contributed by atoms with Gasteiger partial charge in [0.25, 0.3) is 0 Å². The van der Waals surface area contributed by atoms with Gasteiger partial charge in [-0.05, 0) is 109 Å². The molecule has 0 heterocycles. The maximum Gasteiger partial charge on any atom is 0.306 e. The lowest BCUT2D eigenvalue weighted by molar-refractivity contribution is -0.167. The van der Waals surface area contributed by atoms with Crippen molar-refractivity contribution in [2.45, 2.75) is 322 Å². The molecule has 0 saturated carbocycles. The number of hydrogen-bond acceptors (Lipinski definition) is 6. The summed E-state index contributed by atoms with van der Waals surface area (Å²) < 4.78 is 16.9. The van der Waals surface area contributed by atoms with Crippen LogP contribution in [0.3, 0.4) is 0 Å². The standard InChI is InChI=1S/C75H126O6/c1-4-7-10-13-16-19-22-25-28-30-32-33-34-35-36-37-38-39-40-41-43-44-47-50-53-56-59-62-65-68-74(77)80-71-72(70-79-73(76)67-64-61-58-55-52-49-46-27-24-21-18-15-12-9-6-3)81-75(78)69-66-63-60-57-54-51-48-45-42-31-29-26-23-20-17-14-11-8-5-2/h7,9-10,12,16,18-19,21,25,27-28,32-33,35-36,38-39,46,52,55,72H,4-6,8,11,13-15,17,20,22-24,26,29-31,34,37,40-45,47-51,53-54,56-71H2,1-3H3/b10-7-,12-9-,19-16-,21-18-,28-25-,33-32-,36-35-,39-38-,46-27-,55-52-. The lowest BCUT2D eigenvalue weighted by Gasteiger charge is -2.18. The Hall–Kier alpha value is -4.19. The number of hydrogen-bond donors (Lipinski definition) is 0. The van der Waals surface area contributed by atoms with Gasteiger partial charge in [0.1, 0.15) is 13.2 Å². The van der Waals surface area contributed by atoms with E-state index in [1.807, 2.05) is 0 Å². The lowest BCUT2D eigenvalue weighted by Crippen LogP contribution is -2.30. The van der Waals surface area contributed by atoms with Gasteiger partial charge in [-0.3, -0.25) is 14.4 Å². The Labute approximate surface area is 501 Å². The summed E-state index contributed by atoms with van der Waals surface area (Å²) in [4.78, 5) is 38.4. The summed E-state index contributed by atoms with van der Waals surface area (Å²) in [5, 5.41) is 0. The Kier molecular flexibility index (Phi) is 64.8. The zero-order valence-electron chi connectivity index (χ0n) is 53.0. The molecule has 0 aromatic heterocycles. The first-order valence-electron chi connectivity index (χ1n) is 34.0. The van der Waals surface area contributed by atoms with Gasteiger partial charge < -0.3 is 14.2 Å². The average Bonchev–Trinajstić information content (AvgIpc) is 3.47. The first kappa shape index (κ1) is 76.8. The minimum absolute atomic E-state index is 0.0930. The van der Waals surface area contributed by atoms with Gasteiger partial charge in [-0.1, -0.05) is 309 Å². The van der Waals surface area contributed by atoms with E-state index in [4.69, 9.17) is 14.2 Å². The Balaban J connectivity index is 4.35. The van der Waals surface area contributed by atoms with E-state index in [-0.39, 0.29) is 31.1 Å². The molecule has 0 aliphatic rings. The van der Waals surface area contributed by atoms with Gasteiger partial charge in [-0.15, -0.1) is 0 Å². The van der Waals surface area contributed by atoms with E-state index in [1.165, 1.54) is 154 Å². The molecule has 1 unspecified atom stereocenters. The molecule has 0 radical (unpaired) electrons. The van der Waals surface area contributed by atoms with E-state index in [0.29, 0.717) is 19.3 Å². The molecule has 6 nitrogen and oxygen atoms in total. The number of ether oxygens (including phenoxy) is 3. The highest BCUT2D eigenvalue weighted by atomic mass is 16.6. The Morgan fingerprint density at radius 3 is 0.778 bits per heavy atom. The molecule has 0 bridgehead atoms. The Bertz CT molecular complexity index is 1670. The molecule has 0 amide bonds. The van der Waals surface area contributed by atoms with E-state index in [2.05, 4.69) is 142 Å². The smallest absolute Gasteiger partial charge is 0.306 e. The lowest BCUT2D eigenvalue weighted by atomic mass is 10.0. The van der Waals surface area contributed by atoms with Gasteiger partial charge in [0.05, 0.1) is 0 Å². The molecule has 81 heavy (non-hydrogen) atoms. The largest absolute Gasteiger partial charge is 0.462 e. The zero-order chi connectivity index (χ0) is 58.5.